The Bertz CT molecular complexity index is 287. The molecule has 1 fully saturated rings. The van der Waals surface area contributed by atoms with Gasteiger partial charge in [-0.2, -0.15) is 0 Å². The second-order valence-corrected chi connectivity index (χ2v) is 4.31. The average molecular weight is 230 g/mol. The van der Waals surface area contributed by atoms with Gasteiger partial charge < -0.3 is 20.8 Å². The smallest absolute Gasteiger partial charge is 0.303 e. The number of nitrogens with zero attached hydrogens (tertiary/aromatic N) is 1. The summed E-state index contributed by atoms with van der Waals surface area (Å²) in [7, 11) is 0. The molecule has 1 unspecified atom stereocenters. The maximum atomic E-state index is 11.6. The molecule has 4 N–H and O–H groups in total. The van der Waals surface area contributed by atoms with Crippen LogP contribution in [-0.2, 0) is 9.59 Å². The monoisotopic (exact) mass is 230 g/mol. The number of hydrogen-bond acceptors (Lipinski definition) is 4. The molecule has 1 aliphatic heterocycles. The lowest BCUT2D eigenvalue weighted by molar-refractivity contribution is -0.157. The Hall–Kier alpha value is -1.14. The highest BCUT2D eigenvalue weighted by Gasteiger charge is 2.43. The molecule has 92 valence electrons. The van der Waals surface area contributed by atoms with Crippen molar-refractivity contribution in [3.63, 3.8) is 0 Å². The van der Waals surface area contributed by atoms with Gasteiger partial charge in [0.15, 0.2) is 0 Å². The lowest BCUT2D eigenvalue weighted by atomic mass is 9.90. The summed E-state index contributed by atoms with van der Waals surface area (Å²) >= 11 is 0. The molecule has 1 amide bonds. The topological polar surface area (TPSA) is 104 Å². The highest BCUT2D eigenvalue weighted by atomic mass is 16.4. The summed E-state index contributed by atoms with van der Waals surface area (Å²) in [5.74, 6) is -1.24. The number of amides is 1. The summed E-state index contributed by atoms with van der Waals surface area (Å²) in [5, 5.41) is 18.2. The van der Waals surface area contributed by atoms with Crippen LogP contribution < -0.4 is 5.73 Å². The van der Waals surface area contributed by atoms with E-state index in [-0.39, 0.29) is 18.7 Å². The third-order valence-corrected chi connectivity index (χ3v) is 2.93. The normalized spacial score (nSPS) is 20.1. The second kappa shape index (κ2) is 4.80. The van der Waals surface area contributed by atoms with Crippen molar-refractivity contribution in [2.75, 3.05) is 13.1 Å². The summed E-state index contributed by atoms with van der Waals surface area (Å²) in [5.41, 5.74) is 4.79. The maximum Gasteiger partial charge on any atom is 0.303 e. The van der Waals surface area contributed by atoms with E-state index in [4.69, 9.17) is 10.8 Å². The Morgan fingerprint density at radius 2 is 2.06 bits per heavy atom. The average Bonchev–Trinajstić information content (AvgIpc) is 2.20. The van der Waals surface area contributed by atoms with Crippen molar-refractivity contribution < 1.29 is 19.8 Å². The number of aliphatic carboxylic acids is 1. The molecule has 0 spiro atoms. The molecule has 0 aromatic heterocycles. The molecule has 0 bridgehead atoms. The first-order valence-electron chi connectivity index (χ1n) is 5.36. The van der Waals surface area contributed by atoms with Gasteiger partial charge in [-0.3, -0.25) is 9.59 Å². The van der Waals surface area contributed by atoms with Gasteiger partial charge in [0.2, 0.25) is 5.91 Å². The van der Waals surface area contributed by atoms with E-state index in [0.717, 1.165) is 0 Å². The number of aliphatic hydroxyl groups is 1. The van der Waals surface area contributed by atoms with E-state index in [2.05, 4.69) is 0 Å². The Labute approximate surface area is 94.0 Å². The molecule has 1 aliphatic rings. The van der Waals surface area contributed by atoms with Crippen LogP contribution >= 0.6 is 0 Å². The number of carbonyl (C=O) groups is 2. The van der Waals surface area contributed by atoms with E-state index in [1.807, 2.05) is 6.92 Å². The second-order valence-electron chi connectivity index (χ2n) is 4.31. The number of carboxylic acids is 1. The predicted molar refractivity (Wildman–Crippen MR) is 56.7 cm³/mol. The fourth-order valence-electron chi connectivity index (χ4n) is 1.68. The van der Waals surface area contributed by atoms with Crippen LogP contribution in [0.3, 0.4) is 0 Å². The molecule has 6 nitrogen and oxygen atoms in total. The van der Waals surface area contributed by atoms with Crippen LogP contribution in [0.15, 0.2) is 0 Å². The highest BCUT2D eigenvalue weighted by Crippen LogP contribution is 2.24. The van der Waals surface area contributed by atoms with Crippen LogP contribution in [0.1, 0.15) is 26.2 Å². The van der Waals surface area contributed by atoms with Gasteiger partial charge in [-0.05, 0) is 12.8 Å². The molecule has 0 aromatic carbocycles. The lowest BCUT2D eigenvalue weighted by Crippen LogP contribution is -2.65. The Morgan fingerprint density at radius 3 is 2.50 bits per heavy atom. The molecule has 1 heterocycles. The summed E-state index contributed by atoms with van der Waals surface area (Å²) in [4.78, 5) is 23.4. The van der Waals surface area contributed by atoms with Crippen molar-refractivity contribution in [3.8, 4) is 0 Å². The minimum Gasteiger partial charge on any atom is -0.481 e. The summed E-state index contributed by atoms with van der Waals surface area (Å²) in [6, 6.07) is -0.780. The molecule has 16 heavy (non-hydrogen) atoms. The molecule has 1 atom stereocenters. The predicted octanol–water partition coefficient (Wildman–Crippen LogP) is -0.838. The van der Waals surface area contributed by atoms with Crippen molar-refractivity contribution in [2.45, 2.75) is 37.8 Å². The Kier molecular flexibility index (Phi) is 3.88. The third kappa shape index (κ3) is 2.93. The van der Waals surface area contributed by atoms with E-state index in [1.165, 1.54) is 4.90 Å². The zero-order chi connectivity index (χ0) is 12.3. The number of hydrogen-bond donors (Lipinski definition) is 3. The largest absolute Gasteiger partial charge is 0.481 e. The van der Waals surface area contributed by atoms with E-state index in [1.54, 1.807) is 0 Å². The van der Waals surface area contributed by atoms with Gasteiger partial charge in [-0.25, -0.2) is 0 Å². The first kappa shape index (κ1) is 12.9. The Balaban J connectivity index is 2.34. The van der Waals surface area contributed by atoms with Crippen LogP contribution in [0.4, 0.5) is 0 Å². The standard InChI is InChI=1S/C10H18N2O4/c1-2-10(16)5-12(6-10)9(15)7(11)3-4-8(13)14/h7,16H,2-6,11H2,1H3,(H,13,14). The van der Waals surface area contributed by atoms with Crippen molar-refractivity contribution in [2.24, 2.45) is 5.73 Å². The fourth-order valence-corrected chi connectivity index (χ4v) is 1.68. The molecule has 0 saturated carbocycles. The van der Waals surface area contributed by atoms with Gasteiger partial charge in [0.1, 0.15) is 0 Å². The number of nitrogens with two attached hydrogens (primary N) is 1. The number of rotatable bonds is 5. The Morgan fingerprint density at radius 1 is 1.50 bits per heavy atom. The molecule has 1 rings (SSSR count). The van der Waals surface area contributed by atoms with E-state index in [9.17, 15) is 14.7 Å². The number of β-amino-alcohol motifs (C(OH)–C–C–N with tert-alkyl or cyclic N) is 1. The summed E-state index contributed by atoms with van der Waals surface area (Å²) in [6.07, 6.45) is 0.620. The zero-order valence-corrected chi connectivity index (χ0v) is 9.35. The number of carboxylic acid groups (broad SMARTS) is 1. The minimum absolute atomic E-state index is 0.112. The van der Waals surface area contributed by atoms with Gasteiger partial charge in [0, 0.05) is 6.42 Å². The van der Waals surface area contributed by atoms with Crippen molar-refractivity contribution in [1.82, 2.24) is 4.90 Å². The summed E-state index contributed by atoms with van der Waals surface area (Å²) in [6.45, 7) is 2.44. The molecular formula is C10H18N2O4. The number of carbonyl (C=O) groups excluding carboxylic acids is 1. The molecule has 0 aliphatic carbocycles. The van der Waals surface area contributed by atoms with Crippen molar-refractivity contribution in [1.29, 1.82) is 0 Å². The van der Waals surface area contributed by atoms with E-state index < -0.39 is 17.6 Å². The molecule has 6 heteroatoms. The van der Waals surface area contributed by atoms with Gasteiger partial charge in [0.25, 0.3) is 0 Å². The van der Waals surface area contributed by atoms with E-state index in [0.29, 0.717) is 19.5 Å². The maximum absolute atomic E-state index is 11.6. The van der Waals surface area contributed by atoms with Crippen LogP contribution in [0.5, 0.6) is 0 Å². The summed E-state index contributed by atoms with van der Waals surface area (Å²) < 4.78 is 0. The SMILES string of the molecule is CCC1(O)CN(C(=O)C(N)CCC(=O)O)C1. The lowest BCUT2D eigenvalue weighted by Gasteiger charge is -2.46. The zero-order valence-electron chi connectivity index (χ0n) is 9.35. The van der Waals surface area contributed by atoms with E-state index >= 15 is 0 Å². The minimum atomic E-state index is -0.961. The van der Waals surface area contributed by atoms with Crippen LogP contribution in [0.2, 0.25) is 0 Å². The number of likely N-dealkylation sites (tertiary alicyclic amines) is 1. The van der Waals surface area contributed by atoms with Gasteiger partial charge in [0.05, 0.1) is 24.7 Å². The van der Waals surface area contributed by atoms with Gasteiger partial charge in [-0.1, -0.05) is 6.92 Å². The fraction of sp³-hybridized carbons (Fsp3) is 0.800. The van der Waals surface area contributed by atoms with Crippen molar-refractivity contribution >= 4 is 11.9 Å². The van der Waals surface area contributed by atoms with Gasteiger partial charge in [-0.15, -0.1) is 0 Å². The molecular weight excluding hydrogens is 212 g/mol. The first-order valence-corrected chi connectivity index (χ1v) is 5.36. The van der Waals surface area contributed by atoms with Crippen molar-refractivity contribution in [3.05, 3.63) is 0 Å². The highest BCUT2D eigenvalue weighted by molar-refractivity contribution is 5.83. The molecule has 1 saturated heterocycles. The third-order valence-electron chi connectivity index (χ3n) is 2.93. The van der Waals surface area contributed by atoms with Crippen LogP contribution in [-0.4, -0.2) is 51.7 Å². The first-order chi connectivity index (χ1) is 7.38. The van der Waals surface area contributed by atoms with Gasteiger partial charge >= 0.3 is 5.97 Å². The van der Waals surface area contributed by atoms with Crippen LogP contribution in [0, 0.1) is 0 Å². The molecule has 0 radical (unpaired) electrons. The van der Waals surface area contributed by atoms with Crippen LogP contribution in [0.25, 0.3) is 0 Å². The quantitative estimate of drug-likeness (QED) is 0.571. The molecule has 0 aromatic rings.